The maximum Gasteiger partial charge on any atom is 0.573 e. The molecule has 1 unspecified atom stereocenters. The van der Waals surface area contributed by atoms with Crippen LogP contribution in [0.3, 0.4) is 0 Å². The second-order valence-electron chi connectivity index (χ2n) is 8.75. The highest BCUT2D eigenvalue weighted by Crippen LogP contribution is 2.46. The molecular weight excluding hydrogens is 435 g/mol. The van der Waals surface area contributed by atoms with Gasteiger partial charge in [0.2, 0.25) is 0 Å². The summed E-state index contributed by atoms with van der Waals surface area (Å²) in [4.78, 5) is 15.6. The van der Waals surface area contributed by atoms with E-state index in [1.54, 1.807) is 24.5 Å². The summed E-state index contributed by atoms with van der Waals surface area (Å²) in [5.41, 5.74) is 7.11. The van der Waals surface area contributed by atoms with E-state index in [0.717, 1.165) is 43.7 Å². The number of dihydropyridines is 1. The first-order chi connectivity index (χ1) is 15.8. The zero-order chi connectivity index (χ0) is 23.1. The van der Waals surface area contributed by atoms with Gasteiger partial charge in [-0.05, 0) is 37.5 Å². The zero-order valence-electron chi connectivity index (χ0n) is 17.8. The number of nitrogens with zero attached hydrogens (tertiary/aromatic N) is 4. The van der Waals surface area contributed by atoms with E-state index in [9.17, 15) is 13.2 Å². The predicted molar refractivity (Wildman–Crippen MR) is 117 cm³/mol. The predicted octanol–water partition coefficient (Wildman–Crippen LogP) is 3.13. The number of aromatic nitrogens is 3. The minimum Gasteiger partial charge on any atom is -0.406 e. The molecule has 1 saturated heterocycles. The van der Waals surface area contributed by atoms with E-state index in [2.05, 4.69) is 30.2 Å². The maximum absolute atomic E-state index is 12.6. The lowest BCUT2D eigenvalue weighted by molar-refractivity contribution is -0.303. The molecule has 0 radical (unpaired) electrons. The minimum absolute atomic E-state index is 0.187. The van der Waals surface area contributed by atoms with Crippen molar-refractivity contribution < 1.29 is 17.9 Å². The summed E-state index contributed by atoms with van der Waals surface area (Å²) < 4.78 is 41.8. The third-order valence-electron chi connectivity index (χ3n) is 6.13. The Morgan fingerprint density at radius 3 is 2.82 bits per heavy atom. The molecule has 0 bridgehead atoms. The number of rotatable bonds is 5. The van der Waals surface area contributed by atoms with Gasteiger partial charge in [-0.3, -0.25) is 4.98 Å². The second kappa shape index (κ2) is 8.22. The number of nitrogens with one attached hydrogen (secondary N) is 2. The third kappa shape index (κ3) is 4.87. The Kier molecular flexibility index (Phi) is 5.35. The fraction of sp³-hybridized carbons (Fsp3) is 0.409. The molecule has 0 aromatic carbocycles. The molecule has 4 N–H and O–H groups in total. The summed E-state index contributed by atoms with van der Waals surface area (Å²) >= 11 is 0. The van der Waals surface area contributed by atoms with Crippen molar-refractivity contribution in [1.82, 2.24) is 20.3 Å². The van der Waals surface area contributed by atoms with Gasteiger partial charge in [0.05, 0.1) is 0 Å². The molecule has 1 aliphatic carbocycles. The monoisotopic (exact) mass is 459 g/mol. The van der Waals surface area contributed by atoms with Gasteiger partial charge in [-0.2, -0.15) is 0 Å². The van der Waals surface area contributed by atoms with Crippen molar-refractivity contribution >= 4 is 11.6 Å². The van der Waals surface area contributed by atoms with E-state index in [1.807, 2.05) is 6.07 Å². The molecule has 8 nitrogen and oxygen atoms in total. The van der Waals surface area contributed by atoms with E-state index < -0.39 is 6.36 Å². The molecule has 1 spiro atoms. The standard InChI is InChI=1S/C22H24F3N7O/c23-22(24,25)33-16-4-7-28-17(8-16)29-18-9-19(31-20(30-18)14-2-1-6-27-11-14)32-12-21(13-32)5-3-15(26)10-21/h1-2,4,6,8-9,11,15,28H,3,5,7,10,12-13,26H2,(H,29,30,31). The number of anilines is 2. The molecule has 11 heteroatoms. The van der Waals surface area contributed by atoms with Crippen molar-refractivity contribution in [3.8, 4) is 11.4 Å². The first-order valence-electron chi connectivity index (χ1n) is 10.8. The van der Waals surface area contributed by atoms with Crippen LogP contribution in [0.2, 0.25) is 0 Å². The van der Waals surface area contributed by atoms with E-state index in [4.69, 9.17) is 10.7 Å². The number of halogens is 3. The lowest BCUT2D eigenvalue weighted by Gasteiger charge is -2.49. The molecular formula is C22H24F3N7O. The molecule has 2 aromatic rings. The second-order valence-corrected chi connectivity index (χ2v) is 8.75. The third-order valence-corrected chi connectivity index (χ3v) is 6.13. The molecule has 0 amide bonds. The highest BCUT2D eigenvalue weighted by atomic mass is 19.4. The van der Waals surface area contributed by atoms with Gasteiger partial charge in [-0.25, -0.2) is 9.97 Å². The van der Waals surface area contributed by atoms with Crippen LogP contribution in [0.4, 0.5) is 24.8 Å². The first-order valence-corrected chi connectivity index (χ1v) is 10.8. The van der Waals surface area contributed by atoms with E-state index in [0.29, 0.717) is 17.5 Å². The Labute approximate surface area is 188 Å². The number of nitrogens with two attached hydrogens (primary N) is 1. The number of hydrogen-bond donors (Lipinski definition) is 3. The molecule has 1 saturated carbocycles. The number of hydrogen-bond acceptors (Lipinski definition) is 8. The Balaban J connectivity index is 1.40. The van der Waals surface area contributed by atoms with Gasteiger partial charge in [-0.1, -0.05) is 0 Å². The van der Waals surface area contributed by atoms with Crippen molar-refractivity contribution in [3.05, 3.63) is 54.3 Å². The molecule has 2 aromatic heterocycles. The van der Waals surface area contributed by atoms with Crippen LogP contribution in [0.15, 0.2) is 54.3 Å². The van der Waals surface area contributed by atoms with Gasteiger partial charge in [0, 0.05) is 61.2 Å². The molecule has 33 heavy (non-hydrogen) atoms. The Morgan fingerprint density at radius 1 is 1.27 bits per heavy atom. The van der Waals surface area contributed by atoms with Gasteiger partial charge in [-0.15, -0.1) is 13.2 Å². The summed E-state index contributed by atoms with van der Waals surface area (Å²) in [6.45, 7) is 1.93. The summed E-state index contributed by atoms with van der Waals surface area (Å²) in [7, 11) is 0. The van der Waals surface area contributed by atoms with Crippen LogP contribution < -0.4 is 21.3 Å². The maximum atomic E-state index is 12.6. The number of allylic oxidation sites excluding steroid dienone is 1. The molecule has 3 aliphatic rings. The van der Waals surface area contributed by atoms with Gasteiger partial charge in [0.25, 0.3) is 0 Å². The van der Waals surface area contributed by atoms with Crippen LogP contribution in [0, 0.1) is 5.41 Å². The Hall–Kier alpha value is -3.34. The summed E-state index contributed by atoms with van der Waals surface area (Å²) in [5.74, 6) is 1.74. The van der Waals surface area contributed by atoms with Crippen LogP contribution in [-0.2, 0) is 4.74 Å². The van der Waals surface area contributed by atoms with Gasteiger partial charge >= 0.3 is 6.36 Å². The van der Waals surface area contributed by atoms with E-state index >= 15 is 0 Å². The molecule has 4 heterocycles. The highest BCUT2D eigenvalue weighted by Gasteiger charge is 2.47. The fourth-order valence-electron chi connectivity index (χ4n) is 4.69. The molecule has 174 valence electrons. The molecule has 1 atom stereocenters. The van der Waals surface area contributed by atoms with Crippen LogP contribution >= 0.6 is 0 Å². The van der Waals surface area contributed by atoms with Crippen LogP contribution in [0.25, 0.3) is 11.4 Å². The van der Waals surface area contributed by atoms with Gasteiger partial charge in [0.1, 0.15) is 23.2 Å². The topological polar surface area (TPSA) is 101 Å². The van der Waals surface area contributed by atoms with Crippen molar-refractivity contribution in [3.63, 3.8) is 0 Å². The SMILES string of the molecule is NC1CCC2(C1)CN(c1cc(NC3=CC(OC(F)(F)F)=CCN3)nc(-c3cccnc3)n1)C2. The van der Waals surface area contributed by atoms with Crippen LogP contribution in [-0.4, -0.2) is 47.0 Å². The molecule has 5 rings (SSSR count). The van der Waals surface area contributed by atoms with E-state index in [-0.39, 0.29) is 23.8 Å². The summed E-state index contributed by atoms with van der Waals surface area (Å²) in [5, 5.41) is 6.05. The molecule has 2 aliphatic heterocycles. The fourth-order valence-corrected chi connectivity index (χ4v) is 4.69. The molecule has 2 fully saturated rings. The van der Waals surface area contributed by atoms with E-state index in [1.165, 1.54) is 12.2 Å². The summed E-state index contributed by atoms with van der Waals surface area (Å²) in [6, 6.07) is 5.71. The quantitative estimate of drug-likeness (QED) is 0.627. The average Bonchev–Trinajstić information content (AvgIpc) is 3.14. The lowest BCUT2D eigenvalue weighted by atomic mass is 9.78. The largest absolute Gasteiger partial charge is 0.573 e. The minimum atomic E-state index is -4.75. The number of pyridine rings is 1. The summed E-state index contributed by atoms with van der Waals surface area (Å²) in [6.07, 6.45) is 4.32. The number of alkyl halides is 3. The average molecular weight is 459 g/mol. The van der Waals surface area contributed by atoms with Gasteiger partial charge < -0.3 is 26.0 Å². The van der Waals surface area contributed by atoms with Crippen LogP contribution in [0.5, 0.6) is 0 Å². The smallest absolute Gasteiger partial charge is 0.406 e. The zero-order valence-corrected chi connectivity index (χ0v) is 17.8. The van der Waals surface area contributed by atoms with Crippen molar-refractivity contribution in [2.75, 3.05) is 29.9 Å². The lowest BCUT2D eigenvalue weighted by Crippen LogP contribution is -2.56. The first kappa shape index (κ1) is 21.5. The Bertz CT molecular complexity index is 1080. The van der Waals surface area contributed by atoms with Gasteiger partial charge in [0.15, 0.2) is 5.82 Å². The van der Waals surface area contributed by atoms with Crippen LogP contribution in [0.1, 0.15) is 19.3 Å². The van der Waals surface area contributed by atoms with Crippen molar-refractivity contribution in [2.24, 2.45) is 11.1 Å². The Morgan fingerprint density at radius 2 is 2.12 bits per heavy atom. The number of ether oxygens (including phenoxy) is 1. The highest BCUT2D eigenvalue weighted by molar-refractivity contribution is 5.63. The van der Waals surface area contributed by atoms with Crippen molar-refractivity contribution in [1.29, 1.82) is 0 Å². The normalized spacial score (nSPS) is 21.7. The van der Waals surface area contributed by atoms with Crippen molar-refractivity contribution in [2.45, 2.75) is 31.7 Å².